The highest BCUT2D eigenvalue weighted by Crippen LogP contribution is 2.28. The molecule has 0 saturated heterocycles. The van der Waals surface area contributed by atoms with Gasteiger partial charge in [-0.05, 0) is 54.8 Å². The molecule has 3 rings (SSSR count). The molecule has 0 heterocycles. The topological polar surface area (TPSA) is 62.1 Å². The van der Waals surface area contributed by atoms with Gasteiger partial charge in [0.05, 0.1) is 10.0 Å². The van der Waals surface area contributed by atoms with Gasteiger partial charge in [0.15, 0.2) is 0 Å². The minimum absolute atomic E-state index is 0.0160. The molecule has 0 spiro atoms. The third-order valence-corrected chi connectivity index (χ3v) is 5.93. The fraction of sp³-hybridized carbons (Fsp3) is 0.304. The molecule has 2 aromatic rings. The lowest BCUT2D eigenvalue weighted by molar-refractivity contribution is -0.117. The van der Waals surface area contributed by atoms with Gasteiger partial charge in [-0.2, -0.15) is 5.26 Å². The van der Waals surface area contributed by atoms with Gasteiger partial charge in [0.2, 0.25) is 0 Å². The van der Waals surface area contributed by atoms with Gasteiger partial charge in [-0.3, -0.25) is 4.79 Å². The van der Waals surface area contributed by atoms with Gasteiger partial charge in [-0.25, -0.2) is 0 Å². The second-order valence-electron chi connectivity index (χ2n) is 7.20. The number of ether oxygens (including phenoxy) is 1. The Bertz CT molecular complexity index is 992. The highest BCUT2D eigenvalue weighted by molar-refractivity contribution is 6.42. The van der Waals surface area contributed by atoms with E-state index in [-0.39, 0.29) is 24.1 Å². The van der Waals surface area contributed by atoms with E-state index in [1.165, 1.54) is 12.5 Å². The zero-order valence-electron chi connectivity index (χ0n) is 16.3. The number of nitrogens with one attached hydrogen (secondary N) is 1. The lowest BCUT2D eigenvalue weighted by atomic mass is 9.95. The Morgan fingerprint density at radius 3 is 2.57 bits per heavy atom. The Morgan fingerprint density at radius 2 is 1.87 bits per heavy atom. The minimum atomic E-state index is -0.375. The Labute approximate surface area is 191 Å². The third-order valence-electron chi connectivity index (χ3n) is 4.96. The van der Waals surface area contributed by atoms with Crippen LogP contribution in [0.5, 0.6) is 5.75 Å². The fourth-order valence-corrected chi connectivity index (χ4v) is 3.87. The van der Waals surface area contributed by atoms with E-state index in [2.05, 4.69) is 5.32 Å². The van der Waals surface area contributed by atoms with Crippen LogP contribution in [0.3, 0.4) is 0 Å². The summed E-state index contributed by atoms with van der Waals surface area (Å²) in [5.41, 5.74) is 1.41. The van der Waals surface area contributed by atoms with Crippen molar-refractivity contribution in [2.24, 2.45) is 0 Å². The van der Waals surface area contributed by atoms with Gasteiger partial charge in [0.1, 0.15) is 24.0 Å². The van der Waals surface area contributed by atoms with Crippen LogP contribution < -0.4 is 10.1 Å². The van der Waals surface area contributed by atoms with Crippen molar-refractivity contribution in [2.75, 3.05) is 0 Å². The van der Waals surface area contributed by atoms with Crippen LogP contribution in [0.2, 0.25) is 15.1 Å². The Hall–Kier alpha value is -2.19. The average Bonchev–Trinajstić information content (AvgIpc) is 2.74. The molecule has 1 amide bonds. The largest absolute Gasteiger partial charge is 0.488 e. The molecule has 0 bridgehead atoms. The van der Waals surface area contributed by atoms with Crippen molar-refractivity contribution < 1.29 is 9.53 Å². The monoisotopic (exact) mass is 462 g/mol. The first-order valence-electron chi connectivity index (χ1n) is 9.75. The lowest BCUT2D eigenvalue weighted by Crippen LogP contribution is -2.36. The average molecular weight is 464 g/mol. The molecule has 4 nitrogen and oxygen atoms in total. The maximum atomic E-state index is 12.6. The third kappa shape index (κ3) is 6.15. The molecule has 30 heavy (non-hydrogen) atoms. The number of hydrogen-bond donors (Lipinski definition) is 1. The van der Waals surface area contributed by atoms with Crippen molar-refractivity contribution in [2.45, 2.75) is 44.8 Å². The predicted molar refractivity (Wildman–Crippen MR) is 121 cm³/mol. The molecule has 156 valence electrons. The Balaban J connectivity index is 1.77. The molecule has 1 aliphatic carbocycles. The SMILES string of the molecule is N#C/C(=C\c1cc(Cl)ccc1OCc1ccc(Cl)c(Cl)c1)C(=O)NC1CCCCC1. The summed E-state index contributed by atoms with van der Waals surface area (Å²) >= 11 is 18.1. The number of benzene rings is 2. The number of nitrogens with zero attached hydrogens (tertiary/aromatic N) is 1. The summed E-state index contributed by atoms with van der Waals surface area (Å²) in [6, 6.07) is 12.4. The molecule has 0 unspecified atom stereocenters. The van der Waals surface area contributed by atoms with Crippen molar-refractivity contribution in [3.8, 4) is 11.8 Å². The Morgan fingerprint density at radius 1 is 1.10 bits per heavy atom. The smallest absolute Gasteiger partial charge is 0.262 e. The van der Waals surface area contributed by atoms with E-state index in [0.29, 0.717) is 26.4 Å². The number of amides is 1. The van der Waals surface area contributed by atoms with Crippen LogP contribution in [0.15, 0.2) is 42.0 Å². The number of carbonyl (C=O) groups is 1. The molecular weight excluding hydrogens is 443 g/mol. The molecule has 0 aromatic heterocycles. The number of halogens is 3. The summed E-state index contributed by atoms with van der Waals surface area (Å²) in [5.74, 6) is 0.128. The van der Waals surface area contributed by atoms with Crippen LogP contribution in [0.25, 0.3) is 6.08 Å². The van der Waals surface area contributed by atoms with Crippen LogP contribution in [0.1, 0.15) is 43.2 Å². The van der Waals surface area contributed by atoms with E-state index in [0.717, 1.165) is 31.2 Å². The number of rotatable bonds is 6. The molecule has 0 aliphatic heterocycles. The van der Waals surface area contributed by atoms with Crippen molar-refractivity contribution in [1.82, 2.24) is 5.32 Å². The van der Waals surface area contributed by atoms with Crippen LogP contribution >= 0.6 is 34.8 Å². The molecular formula is C23H21Cl3N2O2. The standard InChI is InChI=1S/C23H21Cl3N2O2/c24-18-7-9-22(30-14-15-6-8-20(25)21(26)10-15)16(12-18)11-17(13-27)23(29)28-19-4-2-1-3-5-19/h6-12,19H,1-5,14H2,(H,28,29)/b17-11+. The molecule has 1 N–H and O–H groups in total. The van der Waals surface area contributed by atoms with Crippen molar-refractivity contribution in [3.05, 3.63) is 68.2 Å². The van der Waals surface area contributed by atoms with Crippen molar-refractivity contribution >= 4 is 46.8 Å². The van der Waals surface area contributed by atoms with E-state index >= 15 is 0 Å². The second-order valence-corrected chi connectivity index (χ2v) is 8.45. The fourth-order valence-electron chi connectivity index (χ4n) is 3.37. The summed E-state index contributed by atoms with van der Waals surface area (Å²) in [6.45, 7) is 0.246. The molecule has 1 aliphatic rings. The quantitative estimate of drug-likeness (QED) is 0.388. The molecule has 0 atom stereocenters. The second kappa shape index (κ2) is 10.7. The highest BCUT2D eigenvalue weighted by Gasteiger charge is 2.18. The molecule has 2 aromatic carbocycles. The molecule has 7 heteroatoms. The maximum Gasteiger partial charge on any atom is 0.262 e. The van der Waals surface area contributed by atoms with Gasteiger partial charge < -0.3 is 10.1 Å². The van der Waals surface area contributed by atoms with Crippen LogP contribution in [-0.4, -0.2) is 11.9 Å². The van der Waals surface area contributed by atoms with Crippen LogP contribution in [-0.2, 0) is 11.4 Å². The van der Waals surface area contributed by atoms with Crippen molar-refractivity contribution in [3.63, 3.8) is 0 Å². The van der Waals surface area contributed by atoms with Crippen molar-refractivity contribution in [1.29, 1.82) is 5.26 Å². The summed E-state index contributed by atoms with van der Waals surface area (Å²) in [5, 5.41) is 13.9. The molecule has 1 saturated carbocycles. The first kappa shape index (κ1) is 22.5. The van der Waals surface area contributed by atoms with E-state index in [4.69, 9.17) is 39.5 Å². The van der Waals surface area contributed by atoms with E-state index in [1.54, 1.807) is 30.3 Å². The van der Waals surface area contributed by atoms with Gasteiger partial charge in [-0.15, -0.1) is 0 Å². The first-order valence-corrected chi connectivity index (χ1v) is 10.9. The van der Waals surface area contributed by atoms with E-state index in [1.807, 2.05) is 12.1 Å². The number of nitriles is 1. The lowest BCUT2D eigenvalue weighted by Gasteiger charge is -2.22. The molecule has 0 radical (unpaired) electrons. The summed E-state index contributed by atoms with van der Waals surface area (Å²) in [4.78, 5) is 12.6. The van der Waals surface area contributed by atoms with Crippen LogP contribution in [0.4, 0.5) is 0 Å². The van der Waals surface area contributed by atoms with Gasteiger partial charge in [0.25, 0.3) is 5.91 Å². The summed E-state index contributed by atoms with van der Waals surface area (Å²) < 4.78 is 5.90. The van der Waals surface area contributed by atoms with Gasteiger partial charge in [-0.1, -0.05) is 60.1 Å². The summed E-state index contributed by atoms with van der Waals surface area (Å²) in [6.07, 6.45) is 6.78. The molecule has 1 fully saturated rings. The van der Waals surface area contributed by atoms with E-state index < -0.39 is 0 Å². The van der Waals surface area contributed by atoms with E-state index in [9.17, 15) is 10.1 Å². The number of hydrogen-bond acceptors (Lipinski definition) is 3. The van der Waals surface area contributed by atoms with Crippen LogP contribution in [0, 0.1) is 11.3 Å². The number of carbonyl (C=O) groups excluding carboxylic acids is 1. The summed E-state index contributed by atoms with van der Waals surface area (Å²) in [7, 11) is 0. The highest BCUT2D eigenvalue weighted by atomic mass is 35.5. The minimum Gasteiger partial charge on any atom is -0.488 e. The normalized spacial score (nSPS) is 14.8. The first-order chi connectivity index (χ1) is 14.5. The predicted octanol–water partition coefficient (Wildman–Crippen LogP) is 6.58. The Kier molecular flexibility index (Phi) is 8.04. The maximum absolute atomic E-state index is 12.6. The van der Waals surface area contributed by atoms with Gasteiger partial charge in [0, 0.05) is 16.6 Å². The zero-order chi connectivity index (χ0) is 21.5. The van der Waals surface area contributed by atoms with Gasteiger partial charge >= 0.3 is 0 Å². The zero-order valence-corrected chi connectivity index (χ0v) is 18.5.